The van der Waals surface area contributed by atoms with Gasteiger partial charge in [0.25, 0.3) is 0 Å². The fraction of sp³-hybridized carbons (Fsp3) is 0.600. The van der Waals surface area contributed by atoms with Gasteiger partial charge in [-0.15, -0.1) is 0 Å². The molecule has 6 heteroatoms. The van der Waals surface area contributed by atoms with Crippen LogP contribution in [0.25, 0.3) is 11.3 Å². The molecule has 0 amide bonds. The van der Waals surface area contributed by atoms with Gasteiger partial charge in [0.15, 0.2) is 0 Å². The van der Waals surface area contributed by atoms with Crippen LogP contribution in [0, 0.1) is 11.8 Å². The highest BCUT2D eigenvalue weighted by Crippen LogP contribution is 2.34. The molecule has 1 aromatic carbocycles. The van der Waals surface area contributed by atoms with Gasteiger partial charge in [-0.1, -0.05) is 37.3 Å². The lowest BCUT2D eigenvalue weighted by atomic mass is 9.82. The van der Waals surface area contributed by atoms with Crippen molar-refractivity contribution in [2.45, 2.75) is 71.9 Å². The third kappa shape index (κ3) is 6.91. The molecule has 1 heterocycles. The van der Waals surface area contributed by atoms with Crippen LogP contribution in [0.1, 0.15) is 59.1 Å². The molecule has 5 nitrogen and oxygen atoms in total. The summed E-state index contributed by atoms with van der Waals surface area (Å²) in [6.45, 7) is 9.44. The molecule has 1 saturated carbocycles. The van der Waals surface area contributed by atoms with Gasteiger partial charge < -0.3 is 9.47 Å². The first-order chi connectivity index (χ1) is 14.8. The van der Waals surface area contributed by atoms with E-state index in [2.05, 4.69) is 51.8 Å². The third-order valence-corrected chi connectivity index (χ3v) is 6.60. The van der Waals surface area contributed by atoms with Crippen molar-refractivity contribution < 1.29 is 14.3 Å². The number of carbonyl (C=O) groups excluding carboxylic acids is 1. The summed E-state index contributed by atoms with van der Waals surface area (Å²) >= 11 is 3.79. The van der Waals surface area contributed by atoms with Crippen LogP contribution in [0.4, 0.5) is 0 Å². The van der Waals surface area contributed by atoms with E-state index in [1.807, 2.05) is 26.8 Å². The van der Waals surface area contributed by atoms with Crippen molar-refractivity contribution in [3.63, 3.8) is 0 Å². The molecule has 3 rings (SSSR count). The summed E-state index contributed by atoms with van der Waals surface area (Å²) in [5, 5.41) is 4.96. The van der Waals surface area contributed by atoms with Crippen LogP contribution < -0.4 is 0 Å². The second-order valence-electron chi connectivity index (χ2n) is 9.50. The Morgan fingerprint density at radius 1 is 1.13 bits per heavy atom. The van der Waals surface area contributed by atoms with Crippen molar-refractivity contribution in [2.75, 3.05) is 13.2 Å². The summed E-state index contributed by atoms with van der Waals surface area (Å²) in [7, 11) is 0. The van der Waals surface area contributed by atoms with Gasteiger partial charge in [0.2, 0.25) is 0 Å². The summed E-state index contributed by atoms with van der Waals surface area (Å²) < 4.78 is 14.3. The Morgan fingerprint density at radius 3 is 2.39 bits per heavy atom. The number of nitrogens with zero attached hydrogens (tertiary/aromatic N) is 2. The van der Waals surface area contributed by atoms with Crippen molar-refractivity contribution >= 4 is 21.9 Å². The molecular formula is C25H35BrN2O3. The minimum Gasteiger partial charge on any atom is -0.458 e. The van der Waals surface area contributed by atoms with Gasteiger partial charge in [0.1, 0.15) is 17.9 Å². The van der Waals surface area contributed by atoms with Gasteiger partial charge in [-0.25, -0.2) is 4.79 Å². The van der Waals surface area contributed by atoms with Crippen molar-refractivity contribution in [2.24, 2.45) is 11.8 Å². The molecule has 1 aromatic heterocycles. The maximum Gasteiger partial charge on any atom is 0.332 e. The summed E-state index contributed by atoms with van der Waals surface area (Å²) in [5.74, 6) is 0.864. The van der Waals surface area contributed by atoms with Crippen molar-refractivity contribution in [3.8, 4) is 11.3 Å². The predicted molar refractivity (Wildman–Crippen MR) is 127 cm³/mol. The molecule has 0 aliphatic heterocycles. The normalized spacial score (nSPS) is 19.4. The molecular weight excluding hydrogens is 456 g/mol. The summed E-state index contributed by atoms with van der Waals surface area (Å²) in [4.78, 5) is 11.8. The number of carbonyl (C=O) groups is 1. The SMILES string of the molecule is CCc1c(Br)c(-c2ccccc2)nn1CC1CCC(COCC(=O)OC(C)(C)C)CC1. The molecule has 0 N–H and O–H groups in total. The lowest BCUT2D eigenvalue weighted by Gasteiger charge is -2.28. The largest absolute Gasteiger partial charge is 0.458 e. The zero-order valence-corrected chi connectivity index (χ0v) is 20.8. The Bertz CT molecular complexity index is 850. The van der Waals surface area contributed by atoms with E-state index in [1.165, 1.54) is 18.5 Å². The number of esters is 1. The van der Waals surface area contributed by atoms with E-state index >= 15 is 0 Å². The lowest BCUT2D eigenvalue weighted by Crippen LogP contribution is -2.28. The van der Waals surface area contributed by atoms with E-state index < -0.39 is 5.60 Å². The number of hydrogen-bond acceptors (Lipinski definition) is 4. The minimum atomic E-state index is -0.461. The molecule has 1 aliphatic rings. The third-order valence-electron chi connectivity index (χ3n) is 5.77. The van der Waals surface area contributed by atoms with Crippen LogP contribution in [0.15, 0.2) is 34.8 Å². The number of benzene rings is 1. The van der Waals surface area contributed by atoms with Crippen LogP contribution in [-0.4, -0.2) is 34.6 Å². The Hall–Kier alpha value is -1.66. The topological polar surface area (TPSA) is 53.4 Å². The quantitative estimate of drug-likeness (QED) is 0.423. The summed E-state index contributed by atoms with van der Waals surface area (Å²) in [5.41, 5.74) is 2.98. The van der Waals surface area contributed by atoms with Crippen LogP contribution >= 0.6 is 15.9 Å². The van der Waals surface area contributed by atoms with Crippen LogP contribution in [0.2, 0.25) is 0 Å². The van der Waals surface area contributed by atoms with Gasteiger partial charge in [0.05, 0.1) is 16.8 Å². The Kier molecular flexibility index (Phi) is 8.34. The zero-order valence-electron chi connectivity index (χ0n) is 19.2. The van der Waals surface area contributed by atoms with E-state index in [-0.39, 0.29) is 12.6 Å². The average Bonchev–Trinajstić information content (AvgIpc) is 3.03. The highest BCUT2D eigenvalue weighted by Gasteiger charge is 2.25. The van der Waals surface area contributed by atoms with Gasteiger partial charge in [-0.05, 0) is 80.6 Å². The molecule has 2 aromatic rings. The maximum atomic E-state index is 11.8. The number of rotatable bonds is 8. The van der Waals surface area contributed by atoms with Crippen molar-refractivity contribution in [1.29, 1.82) is 0 Å². The Balaban J connectivity index is 1.49. The van der Waals surface area contributed by atoms with E-state index in [1.54, 1.807) is 0 Å². The number of aromatic nitrogens is 2. The van der Waals surface area contributed by atoms with Gasteiger partial charge in [-0.3, -0.25) is 4.68 Å². The van der Waals surface area contributed by atoms with Gasteiger partial charge >= 0.3 is 5.97 Å². The molecule has 0 radical (unpaired) electrons. The molecule has 0 spiro atoms. The Morgan fingerprint density at radius 2 is 1.77 bits per heavy atom. The first-order valence-electron chi connectivity index (χ1n) is 11.4. The summed E-state index contributed by atoms with van der Waals surface area (Å²) in [6.07, 6.45) is 5.56. The predicted octanol–water partition coefficient (Wildman–Crippen LogP) is 6.04. The Labute approximate surface area is 194 Å². The first-order valence-corrected chi connectivity index (χ1v) is 12.2. The molecule has 1 aliphatic carbocycles. The van der Waals surface area contributed by atoms with E-state index in [9.17, 15) is 4.79 Å². The highest BCUT2D eigenvalue weighted by molar-refractivity contribution is 9.10. The second kappa shape index (κ2) is 10.8. The molecule has 0 atom stereocenters. The molecule has 170 valence electrons. The van der Waals surface area contributed by atoms with Crippen LogP contribution in [-0.2, 0) is 27.2 Å². The van der Waals surface area contributed by atoms with Gasteiger partial charge in [-0.2, -0.15) is 5.10 Å². The fourth-order valence-electron chi connectivity index (χ4n) is 4.25. The smallest absolute Gasteiger partial charge is 0.332 e. The van der Waals surface area contributed by atoms with Crippen molar-refractivity contribution in [1.82, 2.24) is 9.78 Å². The van der Waals surface area contributed by atoms with E-state index in [0.29, 0.717) is 18.4 Å². The monoisotopic (exact) mass is 490 g/mol. The molecule has 0 unspecified atom stereocenters. The zero-order chi connectivity index (χ0) is 22.4. The molecule has 1 fully saturated rings. The van der Waals surface area contributed by atoms with E-state index in [0.717, 1.165) is 41.5 Å². The standard InChI is InChI=1S/C25H35BrN2O3/c1-5-21-23(26)24(20-9-7-6-8-10-20)27-28(21)15-18-11-13-19(14-12-18)16-30-17-22(29)31-25(2,3)4/h6-10,18-19H,5,11-17H2,1-4H3. The number of ether oxygens (including phenoxy) is 2. The van der Waals surface area contributed by atoms with Crippen LogP contribution in [0.3, 0.4) is 0 Å². The summed E-state index contributed by atoms with van der Waals surface area (Å²) in [6, 6.07) is 10.4. The van der Waals surface area contributed by atoms with Crippen molar-refractivity contribution in [3.05, 3.63) is 40.5 Å². The number of halogens is 1. The first kappa shape index (κ1) is 24.0. The highest BCUT2D eigenvalue weighted by atomic mass is 79.9. The fourth-order valence-corrected chi connectivity index (χ4v) is 5.04. The molecule has 0 bridgehead atoms. The molecule has 0 saturated heterocycles. The molecule has 31 heavy (non-hydrogen) atoms. The second-order valence-corrected chi connectivity index (χ2v) is 10.3. The maximum absolute atomic E-state index is 11.8. The number of hydrogen-bond donors (Lipinski definition) is 0. The van der Waals surface area contributed by atoms with Gasteiger partial charge in [0, 0.05) is 12.1 Å². The lowest BCUT2D eigenvalue weighted by molar-refractivity contribution is -0.160. The average molecular weight is 491 g/mol. The minimum absolute atomic E-state index is 0.0423. The van der Waals surface area contributed by atoms with E-state index in [4.69, 9.17) is 14.6 Å². The van der Waals surface area contributed by atoms with Crippen LogP contribution in [0.5, 0.6) is 0 Å².